The Labute approximate surface area is 322 Å². The van der Waals surface area contributed by atoms with Crippen LogP contribution in [-0.4, -0.2) is 15.0 Å². The first-order chi connectivity index (χ1) is 27.7. The Morgan fingerprint density at radius 1 is 0.268 bits per heavy atom. The number of nitrogens with zero attached hydrogens (tertiary/aromatic N) is 3. The molecule has 0 atom stereocenters. The van der Waals surface area contributed by atoms with Gasteiger partial charge in [-0.15, -0.1) is 0 Å². The second kappa shape index (κ2) is 13.0. The van der Waals surface area contributed by atoms with E-state index in [9.17, 15) is 0 Å². The molecule has 0 saturated heterocycles. The Hall–Kier alpha value is -7.63. The van der Waals surface area contributed by atoms with Crippen molar-refractivity contribution in [3.8, 4) is 67.5 Å². The van der Waals surface area contributed by atoms with Crippen molar-refractivity contribution in [1.29, 1.82) is 0 Å². The third kappa shape index (κ3) is 5.45. The second-order valence-electron chi connectivity index (χ2n) is 14.0. The molecular formula is C51H31N3O2. The molecule has 5 heteroatoms. The van der Waals surface area contributed by atoms with Crippen LogP contribution in [0.1, 0.15) is 0 Å². The van der Waals surface area contributed by atoms with Gasteiger partial charge in [0, 0.05) is 49.4 Å². The van der Waals surface area contributed by atoms with E-state index in [0.717, 1.165) is 93.9 Å². The SMILES string of the molecule is c1ccc(-c2cccc(-c3nc(-c4ccccc4)nc(-c4cccc(-c5ccc6c(c5)oc5c(-c7cccc8c7oc7ccccc78)cccc56)c4)n3)c2)cc1. The quantitative estimate of drug-likeness (QED) is 0.171. The van der Waals surface area contributed by atoms with Crippen molar-refractivity contribution >= 4 is 43.9 Å². The normalized spacial score (nSPS) is 11.6. The van der Waals surface area contributed by atoms with Crippen LogP contribution in [0.15, 0.2) is 197 Å². The fourth-order valence-corrected chi connectivity index (χ4v) is 7.81. The summed E-state index contributed by atoms with van der Waals surface area (Å²) in [4.78, 5) is 15.1. The number of fused-ring (bicyclic) bond motifs is 6. The van der Waals surface area contributed by atoms with Gasteiger partial charge in [0.25, 0.3) is 0 Å². The average molecular weight is 718 g/mol. The van der Waals surface area contributed by atoms with Gasteiger partial charge in [0.2, 0.25) is 0 Å². The van der Waals surface area contributed by atoms with Gasteiger partial charge in [-0.3, -0.25) is 0 Å². The number of furan rings is 2. The van der Waals surface area contributed by atoms with Gasteiger partial charge in [0.05, 0.1) is 0 Å². The van der Waals surface area contributed by atoms with Gasteiger partial charge >= 0.3 is 0 Å². The van der Waals surface area contributed by atoms with E-state index in [1.165, 1.54) is 0 Å². The smallest absolute Gasteiger partial charge is 0.164 e. The van der Waals surface area contributed by atoms with E-state index < -0.39 is 0 Å². The highest BCUT2D eigenvalue weighted by atomic mass is 16.3. The molecule has 0 aliphatic rings. The molecule has 11 aromatic rings. The maximum Gasteiger partial charge on any atom is 0.164 e. The van der Waals surface area contributed by atoms with Crippen LogP contribution in [0.3, 0.4) is 0 Å². The summed E-state index contributed by atoms with van der Waals surface area (Å²) in [6, 6.07) is 64.5. The fourth-order valence-electron chi connectivity index (χ4n) is 7.81. The molecule has 0 radical (unpaired) electrons. The van der Waals surface area contributed by atoms with Crippen molar-refractivity contribution in [2.75, 3.05) is 0 Å². The molecule has 3 heterocycles. The molecule has 56 heavy (non-hydrogen) atoms. The van der Waals surface area contributed by atoms with Crippen LogP contribution in [0, 0.1) is 0 Å². The van der Waals surface area contributed by atoms with Gasteiger partial charge in [-0.1, -0.05) is 158 Å². The lowest BCUT2D eigenvalue weighted by Crippen LogP contribution is -2.00. The zero-order chi connectivity index (χ0) is 37.0. The first kappa shape index (κ1) is 31.9. The van der Waals surface area contributed by atoms with E-state index in [2.05, 4.69) is 133 Å². The van der Waals surface area contributed by atoms with Crippen LogP contribution in [0.4, 0.5) is 0 Å². The molecule has 11 rings (SSSR count). The number of aromatic nitrogens is 3. The number of hydrogen-bond donors (Lipinski definition) is 0. The van der Waals surface area contributed by atoms with Crippen molar-refractivity contribution in [2.24, 2.45) is 0 Å². The van der Waals surface area contributed by atoms with Gasteiger partial charge in [-0.05, 0) is 52.6 Å². The predicted octanol–water partition coefficient (Wildman–Crippen LogP) is 13.7. The van der Waals surface area contributed by atoms with E-state index in [1.807, 2.05) is 54.6 Å². The van der Waals surface area contributed by atoms with Crippen molar-refractivity contribution in [1.82, 2.24) is 15.0 Å². The minimum atomic E-state index is 0.607. The molecular weight excluding hydrogens is 687 g/mol. The van der Waals surface area contributed by atoms with Gasteiger partial charge in [-0.2, -0.15) is 0 Å². The Morgan fingerprint density at radius 3 is 1.34 bits per heavy atom. The maximum absolute atomic E-state index is 6.73. The Bertz CT molecular complexity index is 3250. The maximum atomic E-state index is 6.73. The molecule has 0 fully saturated rings. The summed E-state index contributed by atoms with van der Waals surface area (Å²) < 4.78 is 13.2. The highest BCUT2D eigenvalue weighted by Gasteiger charge is 2.18. The van der Waals surface area contributed by atoms with E-state index in [1.54, 1.807) is 0 Å². The van der Waals surface area contributed by atoms with Crippen LogP contribution in [-0.2, 0) is 0 Å². The summed E-state index contributed by atoms with van der Waals surface area (Å²) in [7, 11) is 0. The second-order valence-corrected chi connectivity index (χ2v) is 14.0. The molecule has 0 N–H and O–H groups in total. The van der Waals surface area contributed by atoms with Crippen molar-refractivity contribution in [3.63, 3.8) is 0 Å². The zero-order valence-electron chi connectivity index (χ0n) is 30.1. The highest BCUT2D eigenvalue weighted by Crippen LogP contribution is 2.42. The van der Waals surface area contributed by atoms with E-state index in [4.69, 9.17) is 23.8 Å². The molecule has 0 aliphatic carbocycles. The minimum Gasteiger partial charge on any atom is -0.455 e. The lowest BCUT2D eigenvalue weighted by molar-refractivity contribution is 0.665. The van der Waals surface area contributed by atoms with E-state index >= 15 is 0 Å². The Balaban J connectivity index is 1.01. The Morgan fingerprint density at radius 2 is 0.696 bits per heavy atom. The van der Waals surface area contributed by atoms with Crippen LogP contribution >= 0.6 is 0 Å². The molecule has 0 spiro atoms. The Kier molecular flexibility index (Phi) is 7.42. The van der Waals surface area contributed by atoms with E-state index in [-0.39, 0.29) is 0 Å². The number of benzene rings is 8. The topological polar surface area (TPSA) is 65.0 Å². The lowest BCUT2D eigenvalue weighted by Gasteiger charge is -2.10. The third-order valence-corrected chi connectivity index (χ3v) is 10.5. The molecule has 0 amide bonds. The van der Waals surface area contributed by atoms with Crippen LogP contribution in [0.25, 0.3) is 111 Å². The van der Waals surface area contributed by atoms with Crippen molar-refractivity contribution < 1.29 is 8.83 Å². The first-order valence-corrected chi connectivity index (χ1v) is 18.7. The van der Waals surface area contributed by atoms with Gasteiger partial charge in [0.1, 0.15) is 22.3 Å². The van der Waals surface area contributed by atoms with Gasteiger partial charge in [-0.25, -0.2) is 15.0 Å². The van der Waals surface area contributed by atoms with E-state index in [0.29, 0.717) is 17.5 Å². The molecule has 5 nitrogen and oxygen atoms in total. The summed E-state index contributed by atoms with van der Waals surface area (Å²) in [6.07, 6.45) is 0. The average Bonchev–Trinajstić information content (AvgIpc) is 3.85. The van der Waals surface area contributed by atoms with Gasteiger partial charge < -0.3 is 8.83 Å². The van der Waals surface area contributed by atoms with Crippen molar-refractivity contribution in [2.45, 2.75) is 0 Å². The molecule has 0 bridgehead atoms. The molecule has 0 unspecified atom stereocenters. The summed E-state index contributed by atoms with van der Waals surface area (Å²) >= 11 is 0. The van der Waals surface area contributed by atoms with Gasteiger partial charge in [0.15, 0.2) is 17.5 Å². The lowest BCUT2D eigenvalue weighted by atomic mass is 9.99. The van der Waals surface area contributed by atoms with Crippen LogP contribution < -0.4 is 0 Å². The highest BCUT2D eigenvalue weighted by molar-refractivity contribution is 6.15. The summed E-state index contributed by atoms with van der Waals surface area (Å²) in [5.41, 5.74) is 12.5. The number of rotatable bonds is 6. The third-order valence-electron chi connectivity index (χ3n) is 10.5. The standard InChI is InChI=1S/C51H31N3O2/c1-3-13-32(14-4-1)34-17-9-19-37(29-34)50-52-49(33-15-5-2-6-16-33)53-51(54-50)38-20-10-18-35(30-38)36-27-28-40-42-23-12-25-44(48(42)56-46(40)31-36)43-24-11-22-41-39-21-7-8-26-45(39)55-47(41)43/h1-31H. The predicted molar refractivity (Wildman–Crippen MR) is 227 cm³/mol. The minimum absolute atomic E-state index is 0.607. The fraction of sp³-hybridized carbons (Fsp3) is 0. The van der Waals surface area contributed by atoms with Crippen molar-refractivity contribution in [3.05, 3.63) is 188 Å². The molecule has 0 aliphatic heterocycles. The zero-order valence-corrected chi connectivity index (χ0v) is 30.1. The molecule has 262 valence electrons. The van der Waals surface area contributed by atoms with Crippen LogP contribution in [0.2, 0.25) is 0 Å². The number of hydrogen-bond acceptors (Lipinski definition) is 5. The summed E-state index contributed by atoms with van der Waals surface area (Å²) in [5, 5.41) is 4.32. The van der Waals surface area contributed by atoms with Crippen LogP contribution in [0.5, 0.6) is 0 Å². The first-order valence-electron chi connectivity index (χ1n) is 18.7. The molecule has 3 aromatic heterocycles. The largest absolute Gasteiger partial charge is 0.455 e. The monoisotopic (exact) mass is 717 g/mol. The summed E-state index contributed by atoms with van der Waals surface area (Å²) in [6.45, 7) is 0. The number of para-hydroxylation sites is 3. The molecule has 0 saturated carbocycles. The molecule has 8 aromatic carbocycles. The summed E-state index contributed by atoms with van der Waals surface area (Å²) in [5.74, 6) is 1.85.